The molecule has 5 heteroatoms. The monoisotopic (exact) mass is 351 g/mol. The van der Waals surface area contributed by atoms with Crippen molar-refractivity contribution in [1.82, 2.24) is 5.32 Å². The quantitative estimate of drug-likeness (QED) is 0.647. The molecular weight excluding hydrogens is 336 g/mol. The van der Waals surface area contributed by atoms with E-state index >= 15 is 0 Å². The van der Waals surface area contributed by atoms with E-state index in [9.17, 15) is 14.3 Å². The van der Waals surface area contributed by atoms with Gasteiger partial charge in [0.05, 0.1) is 5.56 Å². The Balaban J connectivity index is 2.86. The summed E-state index contributed by atoms with van der Waals surface area (Å²) in [7, 11) is 0. The van der Waals surface area contributed by atoms with Gasteiger partial charge < -0.3 is 10.4 Å². The van der Waals surface area contributed by atoms with Gasteiger partial charge in [-0.05, 0) is 24.1 Å². The summed E-state index contributed by atoms with van der Waals surface area (Å²) in [6, 6.07) is 3.34. The molecule has 17 heavy (non-hydrogen) atoms. The van der Waals surface area contributed by atoms with Gasteiger partial charge >= 0.3 is 0 Å². The number of hydrogen-bond acceptors (Lipinski definition) is 2. The van der Waals surface area contributed by atoms with Gasteiger partial charge in [0.1, 0.15) is 11.6 Å². The molecule has 0 heterocycles. The van der Waals surface area contributed by atoms with Crippen LogP contribution in [0.5, 0.6) is 5.75 Å². The van der Waals surface area contributed by atoms with Gasteiger partial charge in [0.2, 0.25) is 0 Å². The zero-order valence-corrected chi connectivity index (χ0v) is 11.9. The number of phenols is 1. The van der Waals surface area contributed by atoms with Crippen molar-refractivity contribution in [3.8, 4) is 5.75 Å². The Labute approximate surface area is 114 Å². The number of hydrogen-bond donors (Lipinski definition) is 2. The molecule has 1 aromatic rings. The Bertz CT molecular complexity index is 409. The minimum absolute atomic E-state index is 0.00534. The van der Waals surface area contributed by atoms with Crippen molar-refractivity contribution in [2.24, 2.45) is 5.92 Å². The molecule has 1 rings (SSSR count). The highest BCUT2D eigenvalue weighted by Gasteiger charge is 2.18. The zero-order valence-electron chi connectivity index (χ0n) is 9.71. The number of aromatic hydroxyl groups is 1. The number of nitrogens with one attached hydrogen (secondary N) is 1. The first-order chi connectivity index (χ1) is 7.95. The highest BCUT2D eigenvalue weighted by atomic mass is 127. The predicted molar refractivity (Wildman–Crippen MR) is 73.0 cm³/mol. The number of halogens is 2. The Morgan fingerprint density at radius 2 is 2.18 bits per heavy atom. The molecule has 0 spiro atoms. The molecule has 0 radical (unpaired) electrons. The molecule has 0 aliphatic rings. The first-order valence-electron chi connectivity index (χ1n) is 5.31. The van der Waals surface area contributed by atoms with E-state index < -0.39 is 11.7 Å². The van der Waals surface area contributed by atoms with Gasteiger partial charge in [-0.15, -0.1) is 0 Å². The largest absolute Gasteiger partial charge is 0.507 e. The molecule has 0 aliphatic heterocycles. The van der Waals surface area contributed by atoms with Crippen LogP contribution in [0.3, 0.4) is 0 Å². The average Bonchev–Trinajstić information content (AvgIpc) is 2.28. The van der Waals surface area contributed by atoms with Crippen molar-refractivity contribution in [3.05, 3.63) is 29.6 Å². The minimum Gasteiger partial charge on any atom is -0.507 e. The molecule has 0 bridgehead atoms. The van der Waals surface area contributed by atoms with Gasteiger partial charge in [-0.2, -0.15) is 0 Å². The fraction of sp³-hybridized carbons (Fsp3) is 0.417. The summed E-state index contributed by atoms with van der Waals surface area (Å²) in [6.45, 7) is 3.99. The lowest BCUT2D eigenvalue weighted by Gasteiger charge is -2.20. The van der Waals surface area contributed by atoms with Crippen LogP contribution in [0.15, 0.2) is 18.2 Å². The smallest absolute Gasteiger partial charge is 0.255 e. The SMILES string of the molecule is CC(C)C(CI)NC(=O)c1cc(F)ccc1O. The number of phenolic OH excluding ortho intramolecular Hbond substituents is 1. The van der Waals surface area contributed by atoms with Crippen LogP contribution < -0.4 is 5.32 Å². The molecule has 0 saturated carbocycles. The van der Waals surface area contributed by atoms with E-state index in [1.165, 1.54) is 6.07 Å². The maximum absolute atomic E-state index is 13.0. The highest BCUT2D eigenvalue weighted by molar-refractivity contribution is 14.1. The molecule has 3 nitrogen and oxygen atoms in total. The van der Waals surface area contributed by atoms with Crippen LogP contribution in [0.25, 0.3) is 0 Å². The molecule has 0 fully saturated rings. The van der Waals surface area contributed by atoms with Crippen LogP contribution in [0.2, 0.25) is 0 Å². The first kappa shape index (κ1) is 14.2. The maximum atomic E-state index is 13.0. The standard InChI is InChI=1S/C12H15FINO2/c1-7(2)10(6-14)15-12(17)9-5-8(13)3-4-11(9)16/h3-5,7,10,16H,6H2,1-2H3,(H,15,17). The summed E-state index contributed by atoms with van der Waals surface area (Å²) in [5.41, 5.74) is -0.0273. The van der Waals surface area contributed by atoms with E-state index in [-0.39, 0.29) is 23.3 Å². The fourth-order valence-electron chi connectivity index (χ4n) is 1.32. The maximum Gasteiger partial charge on any atom is 0.255 e. The lowest BCUT2D eigenvalue weighted by Crippen LogP contribution is -2.39. The molecule has 2 N–H and O–H groups in total. The molecule has 0 aliphatic carbocycles. The third kappa shape index (κ3) is 3.83. The van der Waals surface area contributed by atoms with Gasteiger partial charge in [-0.3, -0.25) is 4.79 Å². The molecule has 0 saturated heterocycles. The van der Waals surface area contributed by atoms with Crippen LogP contribution >= 0.6 is 22.6 Å². The van der Waals surface area contributed by atoms with Crippen molar-refractivity contribution < 1.29 is 14.3 Å². The van der Waals surface area contributed by atoms with Crippen molar-refractivity contribution >= 4 is 28.5 Å². The Hall–Kier alpha value is -0.850. The molecule has 1 amide bonds. The Morgan fingerprint density at radius 3 is 2.71 bits per heavy atom. The number of alkyl halides is 1. The summed E-state index contributed by atoms with van der Waals surface area (Å²) in [6.07, 6.45) is 0. The van der Waals surface area contributed by atoms with Crippen LogP contribution in [0.4, 0.5) is 4.39 Å². The second-order valence-corrected chi connectivity index (χ2v) is 5.02. The van der Waals surface area contributed by atoms with Gasteiger partial charge in [0.25, 0.3) is 5.91 Å². The van der Waals surface area contributed by atoms with Crippen LogP contribution in [0.1, 0.15) is 24.2 Å². The van der Waals surface area contributed by atoms with E-state index in [1.807, 2.05) is 13.8 Å². The molecule has 1 aromatic carbocycles. The van der Waals surface area contributed by atoms with Crippen LogP contribution in [0, 0.1) is 11.7 Å². The lowest BCUT2D eigenvalue weighted by atomic mass is 10.1. The summed E-state index contributed by atoms with van der Waals surface area (Å²) in [4.78, 5) is 11.9. The third-order valence-electron chi connectivity index (χ3n) is 2.49. The fourth-order valence-corrected chi connectivity index (χ4v) is 2.56. The first-order valence-corrected chi connectivity index (χ1v) is 6.83. The zero-order chi connectivity index (χ0) is 13.0. The van der Waals surface area contributed by atoms with Gasteiger partial charge in [-0.25, -0.2) is 4.39 Å². The van der Waals surface area contributed by atoms with Crippen LogP contribution in [-0.2, 0) is 0 Å². The average molecular weight is 351 g/mol. The second-order valence-electron chi connectivity index (χ2n) is 4.14. The summed E-state index contributed by atoms with van der Waals surface area (Å²) < 4.78 is 13.8. The Morgan fingerprint density at radius 1 is 1.53 bits per heavy atom. The lowest BCUT2D eigenvalue weighted by molar-refractivity contribution is 0.0929. The van der Waals surface area contributed by atoms with Crippen molar-refractivity contribution in [2.75, 3.05) is 4.43 Å². The molecule has 94 valence electrons. The van der Waals surface area contributed by atoms with Crippen LogP contribution in [-0.4, -0.2) is 21.5 Å². The topological polar surface area (TPSA) is 49.3 Å². The number of benzene rings is 1. The van der Waals surface area contributed by atoms with E-state index in [2.05, 4.69) is 27.9 Å². The molecule has 1 unspecified atom stereocenters. The van der Waals surface area contributed by atoms with Crippen molar-refractivity contribution in [3.63, 3.8) is 0 Å². The summed E-state index contributed by atoms with van der Waals surface area (Å²) in [5.74, 6) is -0.910. The van der Waals surface area contributed by atoms with Gasteiger partial charge in [-0.1, -0.05) is 36.4 Å². The van der Waals surface area contributed by atoms with Crippen molar-refractivity contribution in [1.29, 1.82) is 0 Å². The number of carbonyl (C=O) groups excluding carboxylic acids is 1. The third-order valence-corrected chi connectivity index (χ3v) is 3.44. The molecular formula is C12H15FINO2. The minimum atomic E-state index is -0.538. The summed E-state index contributed by atoms with van der Waals surface area (Å²) in [5, 5.41) is 12.3. The second kappa shape index (κ2) is 6.18. The Kier molecular flexibility index (Phi) is 5.17. The highest BCUT2D eigenvalue weighted by Crippen LogP contribution is 2.18. The van der Waals surface area contributed by atoms with Gasteiger partial charge in [0.15, 0.2) is 0 Å². The summed E-state index contributed by atoms with van der Waals surface area (Å²) >= 11 is 2.18. The van der Waals surface area contributed by atoms with Gasteiger partial charge in [0, 0.05) is 10.5 Å². The molecule has 0 aromatic heterocycles. The molecule has 1 atom stereocenters. The number of amides is 1. The van der Waals surface area contributed by atoms with E-state index in [0.29, 0.717) is 0 Å². The van der Waals surface area contributed by atoms with E-state index in [4.69, 9.17) is 0 Å². The normalized spacial score (nSPS) is 12.5. The van der Waals surface area contributed by atoms with E-state index in [1.54, 1.807) is 0 Å². The predicted octanol–water partition coefficient (Wildman–Crippen LogP) is 2.72. The van der Waals surface area contributed by atoms with E-state index in [0.717, 1.165) is 16.6 Å². The number of rotatable bonds is 4. The van der Waals surface area contributed by atoms with Crippen molar-refractivity contribution in [2.45, 2.75) is 19.9 Å². The number of carbonyl (C=O) groups is 1.